The van der Waals surface area contributed by atoms with E-state index in [2.05, 4.69) is 43.5 Å². The fourth-order valence-electron chi connectivity index (χ4n) is 2.73. The van der Waals surface area contributed by atoms with Crippen molar-refractivity contribution >= 4 is 11.7 Å². The highest BCUT2D eigenvalue weighted by molar-refractivity contribution is 5.93. The molecule has 4 nitrogen and oxygen atoms in total. The number of urea groups is 1. The summed E-state index contributed by atoms with van der Waals surface area (Å²) < 4.78 is 0. The van der Waals surface area contributed by atoms with Gasteiger partial charge in [-0.25, -0.2) is 10.2 Å². The maximum absolute atomic E-state index is 12.3. The second-order valence-electron chi connectivity index (χ2n) is 6.01. The average molecular weight is 303 g/mol. The molecule has 0 aliphatic carbocycles. The Labute approximate surface area is 134 Å². The van der Waals surface area contributed by atoms with Crippen molar-refractivity contribution < 1.29 is 4.79 Å². The Bertz CT molecular complexity index is 458. The van der Waals surface area contributed by atoms with Crippen LogP contribution in [0.5, 0.6) is 0 Å². The average Bonchev–Trinajstić information content (AvgIpc) is 2.91. The molecule has 1 saturated heterocycles. The predicted molar refractivity (Wildman–Crippen MR) is 91.8 cm³/mol. The van der Waals surface area contributed by atoms with E-state index in [9.17, 15) is 4.79 Å². The van der Waals surface area contributed by atoms with Gasteiger partial charge in [-0.1, -0.05) is 51.7 Å². The topological polar surface area (TPSA) is 35.6 Å². The smallest absolute Gasteiger partial charge is 0.278 e. The fraction of sp³-hybridized carbons (Fsp3) is 0.611. The molecule has 1 N–H and O–H groups in total. The number of nitrogens with zero attached hydrogens (tertiary/aromatic N) is 2. The van der Waals surface area contributed by atoms with Crippen molar-refractivity contribution in [1.29, 1.82) is 0 Å². The SMILES string of the molecule is CCCCCCc1ccc(N2CNN(CCCC)C2=O)cc1. The Kier molecular flexibility index (Phi) is 6.72. The van der Waals surface area contributed by atoms with E-state index in [-0.39, 0.29) is 6.03 Å². The molecule has 0 bridgehead atoms. The van der Waals surface area contributed by atoms with Crippen molar-refractivity contribution in [3.8, 4) is 0 Å². The monoisotopic (exact) mass is 303 g/mol. The maximum atomic E-state index is 12.3. The molecule has 1 fully saturated rings. The molecule has 2 amide bonds. The third kappa shape index (κ3) is 4.47. The van der Waals surface area contributed by atoms with Gasteiger partial charge in [-0.15, -0.1) is 0 Å². The van der Waals surface area contributed by atoms with Gasteiger partial charge in [-0.3, -0.25) is 9.91 Å². The van der Waals surface area contributed by atoms with E-state index in [1.165, 1.54) is 31.2 Å². The Hall–Kier alpha value is -1.55. The molecule has 1 aliphatic heterocycles. The van der Waals surface area contributed by atoms with Crippen LogP contribution in [-0.2, 0) is 6.42 Å². The van der Waals surface area contributed by atoms with Gasteiger partial charge in [0.15, 0.2) is 0 Å². The van der Waals surface area contributed by atoms with E-state index in [4.69, 9.17) is 0 Å². The molecule has 0 aromatic heterocycles. The molecule has 0 radical (unpaired) electrons. The molecule has 0 unspecified atom stereocenters. The van der Waals surface area contributed by atoms with Crippen molar-refractivity contribution in [3.05, 3.63) is 29.8 Å². The summed E-state index contributed by atoms with van der Waals surface area (Å²) in [5.74, 6) is 0. The quantitative estimate of drug-likeness (QED) is 0.690. The van der Waals surface area contributed by atoms with E-state index in [0.29, 0.717) is 6.67 Å². The Morgan fingerprint density at radius 2 is 1.73 bits per heavy atom. The Morgan fingerprint density at radius 1 is 1.00 bits per heavy atom. The Balaban J connectivity index is 1.86. The number of hydrazine groups is 1. The van der Waals surface area contributed by atoms with Gasteiger partial charge < -0.3 is 0 Å². The van der Waals surface area contributed by atoms with Crippen molar-refractivity contribution in [2.45, 2.75) is 58.8 Å². The summed E-state index contributed by atoms with van der Waals surface area (Å²) >= 11 is 0. The number of nitrogens with one attached hydrogen (secondary N) is 1. The molecule has 4 heteroatoms. The van der Waals surface area contributed by atoms with E-state index in [1.54, 1.807) is 9.91 Å². The number of rotatable bonds is 9. The minimum atomic E-state index is 0.0594. The van der Waals surface area contributed by atoms with Gasteiger partial charge in [0.1, 0.15) is 0 Å². The number of carbonyl (C=O) groups is 1. The highest BCUT2D eigenvalue weighted by Crippen LogP contribution is 2.20. The number of benzene rings is 1. The van der Waals surface area contributed by atoms with E-state index in [1.807, 2.05) is 0 Å². The van der Waals surface area contributed by atoms with Crippen LogP contribution in [0.3, 0.4) is 0 Å². The summed E-state index contributed by atoms with van der Waals surface area (Å²) in [5, 5.41) is 1.72. The van der Waals surface area contributed by atoms with Crippen LogP contribution in [0.25, 0.3) is 0 Å². The summed E-state index contributed by atoms with van der Waals surface area (Å²) in [6.07, 6.45) is 8.41. The first-order valence-corrected chi connectivity index (χ1v) is 8.67. The fourth-order valence-corrected chi connectivity index (χ4v) is 2.73. The van der Waals surface area contributed by atoms with Crippen LogP contribution in [-0.4, -0.2) is 24.3 Å². The number of aryl methyl sites for hydroxylation is 1. The summed E-state index contributed by atoms with van der Waals surface area (Å²) in [4.78, 5) is 14.1. The van der Waals surface area contributed by atoms with Crippen LogP contribution in [0.1, 0.15) is 57.9 Å². The molecule has 0 atom stereocenters. The minimum Gasteiger partial charge on any atom is -0.278 e. The summed E-state index contributed by atoms with van der Waals surface area (Å²) in [6.45, 7) is 5.72. The molecule has 1 aromatic rings. The molecule has 0 saturated carbocycles. The zero-order chi connectivity index (χ0) is 15.8. The molecule has 1 aliphatic rings. The lowest BCUT2D eigenvalue weighted by atomic mass is 10.1. The number of hydrogen-bond acceptors (Lipinski definition) is 2. The molecule has 1 aromatic carbocycles. The van der Waals surface area contributed by atoms with Gasteiger partial charge in [0.25, 0.3) is 0 Å². The normalized spacial score (nSPS) is 14.9. The molecular weight excluding hydrogens is 274 g/mol. The largest absolute Gasteiger partial charge is 0.340 e. The summed E-state index contributed by atoms with van der Waals surface area (Å²) in [6, 6.07) is 8.51. The number of amides is 2. The lowest BCUT2D eigenvalue weighted by Crippen LogP contribution is -2.35. The number of anilines is 1. The molecule has 2 rings (SSSR count). The lowest BCUT2D eigenvalue weighted by molar-refractivity contribution is 0.202. The third-order valence-electron chi connectivity index (χ3n) is 4.18. The van der Waals surface area contributed by atoms with Crippen molar-refractivity contribution in [1.82, 2.24) is 10.4 Å². The molecular formula is C18H29N3O. The first-order valence-electron chi connectivity index (χ1n) is 8.67. The molecule has 1 heterocycles. The highest BCUT2D eigenvalue weighted by Gasteiger charge is 2.28. The van der Waals surface area contributed by atoms with Gasteiger partial charge in [0.05, 0.1) is 6.67 Å². The number of hydrogen-bond donors (Lipinski definition) is 1. The van der Waals surface area contributed by atoms with E-state index < -0.39 is 0 Å². The maximum Gasteiger partial charge on any atom is 0.340 e. The summed E-state index contributed by atoms with van der Waals surface area (Å²) in [5.41, 5.74) is 5.51. The van der Waals surface area contributed by atoms with E-state index >= 15 is 0 Å². The molecule has 122 valence electrons. The standard InChI is InChI=1S/C18H29N3O/c1-3-5-7-8-9-16-10-12-17(13-11-16)20-15-19-21(18(20)22)14-6-4-2/h10-13,19H,3-9,14-15H2,1-2H3. The van der Waals surface area contributed by atoms with Gasteiger partial charge in [-0.2, -0.15) is 0 Å². The van der Waals surface area contributed by atoms with E-state index in [0.717, 1.165) is 31.5 Å². The second kappa shape index (κ2) is 8.79. The third-order valence-corrected chi connectivity index (χ3v) is 4.18. The number of carbonyl (C=O) groups excluding carboxylic acids is 1. The predicted octanol–water partition coefficient (Wildman–Crippen LogP) is 4.31. The zero-order valence-electron chi connectivity index (χ0n) is 14.0. The van der Waals surface area contributed by atoms with Crippen LogP contribution < -0.4 is 10.3 Å². The second-order valence-corrected chi connectivity index (χ2v) is 6.01. The van der Waals surface area contributed by atoms with Crippen molar-refractivity contribution in [3.63, 3.8) is 0 Å². The van der Waals surface area contributed by atoms with Crippen molar-refractivity contribution in [2.75, 3.05) is 18.1 Å². The lowest BCUT2D eigenvalue weighted by Gasteiger charge is -2.17. The highest BCUT2D eigenvalue weighted by atomic mass is 16.2. The summed E-state index contributed by atoms with van der Waals surface area (Å²) in [7, 11) is 0. The van der Waals surface area contributed by atoms with Crippen molar-refractivity contribution in [2.24, 2.45) is 0 Å². The van der Waals surface area contributed by atoms with Gasteiger partial charge in [0, 0.05) is 12.2 Å². The van der Waals surface area contributed by atoms with Gasteiger partial charge in [-0.05, 0) is 37.0 Å². The van der Waals surface area contributed by atoms with Crippen LogP contribution in [0.15, 0.2) is 24.3 Å². The number of unbranched alkanes of at least 4 members (excludes halogenated alkanes) is 4. The van der Waals surface area contributed by atoms with Crippen LogP contribution >= 0.6 is 0 Å². The first-order chi connectivity index (χ1) is 10.8. The minimum absolute atomic E-state index is 0.0594. The first kappa shape index (κ1) is 16.8. The van der Waals surface area contributed by atoms with Crippen LogP contribution in [0, 0.1) is 0 Å². The van der Waals surface area contributed by atoms with Crippen LogP contribution in [0.4, 0.5) is 10.5 Å². The van der Waals surface area contributed by atoms with Gasteiger partial charge in [0.2, 0.25) is 0 Å². The zero-order valence-corrected chi connectivity index (χ0v) is 14.0. The molecule has 22 heavy (non-hydrogen) atoms. The van der Waals surface area contributed by atoms with Crippen LogP contribution in [0.2, 0.25) is 0 Å². The Morgan fingerprint density at radius 3 is 2.41 bits per heavy atom. The molecule has 0 spiro atoms. The van der Waals surface area contributed by atoms with Gasteiger partial charge >= 0.3 is 6.03 Å².